The zero-order valence-corrected chi connectivity index (χ0v) is 16.6. The van der Waals surface area contributed by atoms with Crippen molar-refractivity contribution in [1.29, 1.82) is 0 Å². The number of benzene rings is 2. The molecule has 30 heavy (non-hydrogen) atoms. The molecule has 0 saturated carbocycles. The van der Waals surface area contributed by atoms with Gasteiger partial charge in [0.1, 0.15) is 11.3 Å². The second-order valence-corrected chi connectivity index (χ2v) is 6.68. The van der Waals surface area contributed by atoms with Crippen LogP contribution in [0, 0.1) is 0 Å². The van der Waals surface area contributed by atoms with Crippen molar-refractivity contribution in [3.05, 3.63) is 71.4 Å². The smallest absolute Gasteiger partial charge is 0.357 e. The Morgan fingerprint density at radius 3 is 2.33 bits per heavy atom. The van der Waals surface area contributed by atoms with Crippen LogP contribution >= 0.6 is 0 Å². The van der Waals surface area contributed by atoms with Crippen molar-refractivity contribution in [2.45, 2.75) is 6.10 Å². The quantitative estimate of drug-likeness (QED) is 0.650. The number of aromatic nitrogens is 2. The molecule has 1 fully saturated rings. The lowest BCUT2D eigenvalue weighted by molar-refractivity contribution is 0.0549. The molecular formula is C22H21N3O5. The minimum absolute atomic E-state index is 0.0120. The van der Waals surface area contributed by atoms with Gasteiger partial charge in [-0.1, -0.05) is 42.5 Å². The zero-order valence-electron chi connectivity index (χ0n) is 16.6. The highest BCUT2D eigenvalue weighted by molar-refractivity contribution is 6.06. The average Bonchev–Trinajstić information content (AvgIpc) is 3.47. The number of ether oxygens (including phenoxy) is 3. The molecule has 8 nitrogen and oxygen atoms in total. The number of nitrogens with zero attached hydrogens (tertiary/aromatic N) is 2. The van der Waals surface area contributed by atoms with Gasteiger partial charge in [0.15, 0.2) is 5.69 Å². The van der Waals surface area contributed by atoms with E-state index in [9.17, 15) is 9.59 Å². The summed E-state index contributed by atoms with van der Waals surface area (Å²) in [5.74, 6) is -1.35. The van der Waals surface area contributed by atoms with Crippen molar-refractivity contribution >= 4 is 11.9 Å². The molecule has 0 amide bonds. The van der Waals surface area contributed by atoms with Gasteiger partial charge in [0.25, 0.3) is 0 Å². The van der Waals surface area contributed by atoms with Gasteiger partial charge in [-0.2, -0.15) is 5.10 Å². The Labute approximate surface area is 173 Å². The molecule has 0 bridgehead atoms. The Bertz CT molecular complexity index is 1050. The Hall–Kier alpha value is -3.49. The van der Waals surface area contributed by atoms with Gasteiger partial charge in [0.2, 0.25) is 0 Å². The first kappa shape index (κ1) is 19.8. The number of rotatable bonds is 5. The Kier molecular flexibility index (Phi) is 5.60. The van der Waals surface area contributed by atoms with E-state index in [1.807, 2.05) is 42.5 Å². The van der Waals surface area contributed by atoms with Crippen LogP contribution in [0.3, 0.4) is 0 Å². The topological polar surface area (TPSA) is 91.7 Å². The Balaban J connectivity index is 1.87. The molecule has 1 aromatic heterocycles. The van der Waals surface area contributed by atoms with Crippen LogP contribution in [0.2, 0.25) is 0 Å². The van der Waals surface area contributed by atoms with E-state index in [4.69, 9.17) is 14.2 Å². The van der Waals surface area contributed by atoms with Crippen LogP contribution in [-0.4, -0.2) is 49.2 Å². The lowest BCUT2D eigenvalue weighted by atomic mass is 10.0. The summed E-state index contributed by atoms with van der Waals surface area (Å²) < 4.78 is 16.9. The van der Waals surface area contributed by atoms with Crippen molar-refractivity contribution in [1.82, 2.24) is 15.1 Å². The third kappa shape index (κ3) is 3.58. The predicted octanol–water partition coefficient (Wildman–Crippen LogP) is 2.73. The van der Waals surface area contributed by atoms with Gasteiger partial charge < -0.3 is 14.2 Å². The normalized spacial score (nSPS) is 15.7. The molecule has 1 N–H and O–H groups in total. The molecule has 1 aliphatic rings. The predicted molar refractivity (Wildman–Crippen MR) is 108 cm³/mol. The van der Waals surface area contributed by atoms with Gasteiger partial charge in [0.05, 0.1) is 32.7 Å². The number of esters is 2. The maximum Gasteiger partial charge on any atom is 0.357 e. The standard InChI is InChI=1S/C22H21N3O5/c1-28-21(26)18-19(15-10-8-14(9-11-15)17-12-23-13-30-17)24-25(20(18)22(27)29-2)16-6-4-3-5-7-16/h3-11,17,23H,12-13H2,1-2H3. The van der Waals surface area contributed by atoms with Crippen LogP contribution in [0.5, 0.6) is 0 Å². The summed E-state index contributed by atoms with van der Waals surface area (Å²) in [6.07, 6.45) is -0.0216. The van der Waals surface area contributed by atoms with Gasteiger partial charge in [-0.25, -0.2) is 14.3 Å². The fourth-order valence-corrected chi connectivity index (χ4v) is 3.43. The van der Waals surface area contributed by atoms with Crippen molar-refractivity contribution < 1.29 is 23.8 Å². The number of para-hydroxylation sites is 1. The lowest BCUT2D eigenvalue weighted by Gasteiger charge is -2.09. The van der Waals surface area contributed by atoms with Gasteiger partial charge in [-0.05, 0) is 17.7 Å². The van der Waals surface area contributed by atoms with Crippen LogP contribution in [0.15, 0.2) is 54.6 Å². The van der Waals surface area contributed by atoms with Crippen molar-refractivity contribution in [3.63, 3.8) is 0 Å². The first-order valence-corrected chi connectivity index (χ1v) is 9.41. The number of carbonyl (C=O) groups excluding carboxylic acids is 2. The van der Waals surface area contributed by atoms with Crippen LogP contribution in [0.25, 0.3) is 16.9 Å². The van der Waals surface area contributed by atoms with Crippen molar-refractivity contribution in [3.8, 4) is 16.9 Å². The summed E-state index contributed by atoms with van der Waals surface area (Å²) in [6, 6.07) is 16.6. The van der Waals surface area contributed by atoms with Crippen LogP contribution in [-0.2, 0) is 14.2 Å². The molecule has 2 aromatic carbocycles. The van der Waals surface area contributed by atoms with Crippen molar-refractivity contribution in [2.75, 3.05) is 27.5 Å². The van der Waals surface area contributed by atoms with E-state index in [1.54, 1.807) is 12.1 Å². The van der Waals surface area contributed by atoms with E-state index >= 15 is 0 Å². The van der Waals surface area contributed by atoms with Gasteiger partial charge in [-0.3, -0.25) is 5.32 Å². The third-order valence-electron chi connectivity index (χ3n) is 4.93. The molecule has 1 atom stereocenters. The summed E-state index contributed by atoms with van der Waals surface area (Å²) in [7, 11) is 2.52. The molecule has 4 rings (SSSR count). The van der Waals surface area contributed by atoms with E-state index in [-0.39, 0.29) is 17.4 Å². The maximum atomic E-state index is 12.7. The van der Waals surface area contributed by atoms with Gasteiger partial charge in [-0.15, -0.1) is 0 Å². The van der Waals surface area contributed by atoms with Crippen LogP contribution < -0.4 is 5.32 Å². The number of methoxy groups -OCH3 is 2. The summed E-state index contributed by atoms with van der Waals surface area (Å²) in [5.41, 5.74) is 2.71. The summed E-state index contributed by atoms with van der Waals surface area (Å²) in [5, 5.41) is 7.73. The molecule has 1 saturated heterocycles. The highest BCUT2D eigenvalue weighted by Gasteiger charge is 2.31. The minimum atomic E-state index is -0.681. The van der Waals surface area contributed by atoms with E-state index in [2.05, 4.69) is 10.4 Å². The Morgan fingerprint density at radius 2 is 1.73 bits per heavy atom. The van der Waals surface area contributed by atoms with Crippen molar-refractivity contribution in [2.24, 2.45) is 0 Å². The molecular weight excluding hydrogens is 386 g/mol. The lowest BCUT2D eigenvalue weighted by Crippen LogP contribution is -2.15. The summed E-state index contributed by atoms with van der Waals surface area (Å²) >= 11 is 0. The van der Waals surface area contributed by atoms with E-state index < -0.39 is 11.9 Å². The van der Waals surface area contributed by atoms with Gasteiger partial charge in [0, 0.05) is 12.1 Å². The molecule has 0 spiro atoms. The van der Waals surface area contributed by atoms with E-state index in [1.165, 1.54) is 18.9 Å². The fourth-order valence-electron chi connectivity index (χ4n) is 3.43. The molecule has 0 radical (unpaired) electrons. The highest BCUT2D eigenvalue weighted by Crippen LogP contribution is 2.30. The number of hydrogen-bond acceptors (Lipinski definition) is 7. The number of hydrogen-bond donors (Lipinski definition) is 1. The molecule has 1 unspecified atom stereocenters. The maximum absolute atomic E-state index is 12.7. The van der Waals surface area contributed by atoms with Crippen LogP contribution in [0.1, 0.15) is 32.5 Å². The van der Waals surface area contributed by atoms with Crippen LogP contribution in [0.4, 0.5) is 0 Å². The molecule has 3 aromatic rings. The molecule has 2 heterocycles. The average molecular weight is 407 g/mol. The zero-order chi connectivity index (χ0) is 21.1. The highest BCUT2D eigenvalue weighted by atomic mass is 16.5. The first-order chi connectivity index (χ1) is 14.6. The first-order valence-electron chi connectivity index (χ1n) is 9.41. The monoisotopic (exact) mass is 407 g/mol. The fraction of sp³-hybridized carbons (Fsp3) is 0.227. The number of carbonyl (C=O) groups is 2. The largest absolute Gasteiger partial charge is 0.465 e. The molecule has 8 heteroatoms. The Morgan fingerprint density at radius 1 is 1.03 bits per heavy atom. The second-order valence-electron chi connectivity index (χ2n) is 6.68. The molecule has 1 aliphatic heterocycles. The third-order valence-corrected chi connectivity index (χ3v) is 4.93. The van der Waals surface area contributed by atoms with Gasteiger partial charge >= 0.3 is 11.9 Å². The minimum Gasteiger partial charge on any atom is -0.465 e. The van der Waals surface area contributed by atoms with E-state index in [0.29, 0.717) is 23.7 Å². The SMILES string of the molecule is COC(=O)c1c(-c2ccc(C3CNCO3)cc2)nn(-c2ccccc2)c1C(=O)OC. The van der Waals surface area contributed by atoms with E-state index in [0.717, 1.165) is 12.1 Å². The summed E-state index contributed by atoms with van der Waals surface area (Å²) in [6.45, 7) is 1.25. The molecule has 154 valence electrons. The summed E-state index contributed by atoms with van der Waals surface area (Å²) in [4.78, 5) is 25.3. The second kappa shape index (κ2) is 8.48. The number of nitrogens with one attached hydrogen (secondary N) is 1. The molecule has 0 aliphatic carbocycles.